The number of nitriles is 1. The number of benzene rings is 2. The van der Waals surface area contributed by atoms with Crippen molar-refractivity contribution in [2.24, 2.45) is 5.16 Å². The van der Waals surface area contributed by atoms with Crippen molar-refractivity contribution in [2.45, 2.75) is 26.4 Å². The van der Waals surface area contributed by atoms with E-state index in [1.54, 1.807) is 12.1 Å². The van der Waals surface area contributed by atoms with Gasteiger partial charge in [0.2, 0.25) is 0 Å². The van der Waals surface area contributed by atoms with E-state index in [9.17, 15) is 0 Å². The number of oxime groups is 1. The Balaban J connectivity index is 2.14. The molecule has 0 atom stereocenters. The minimum absolute atomic E-state index is 0.0191. The maximum atomic E-state index is 8.99. The van der Waals surface area contributed by atoms with Gasteiger partial charge in [0.15, 0.2) is 5.71 Å². The van der Waals surface area contributed by atoms with E-state index < -0.39 is 0 Å². The third-order valence-electron chi connectivity index (χ3n) is 3.42. The van der Waals surface area contributed by atoms with Gasteiger partial charge < -0.3 is 9.94 Å². The largest absolute Gasteiger partial charge is 0.489 e. The summed E-state index contributed by atoms with van der Waals surface area (Å²) in [6.45, 7) is 4.59. The van der Waals surface area contributed by atoms with Gasteiger partial charge in [-0.3, -0.25) is 0 Å². The number of rotatable bonds is 5. The molecule has 1 N–H and O–H groups in total. The van der Waals surface area contributed by atoms with E-state index in [2.05, 4.69) is 19.0 Å². The van der Waals surface area contributed by atoms with Crippen LogP contribution in [0.15, 0.2) is 53.7 Å². The van der Waals surface area contributed by atoms with Gasteiger partial charge in [0.25, 0.3) is 0 Å². The van der Waals surface area contributed by atoms with E-state index in [0.717, 1.165) is 11.3 Å². The van der Waals surface area contributed by atoms with Crippen molar-refractivity contribution in [3.63, 3.8) is 0 Å². The van der Waals surface area contributed by atoms with Gasteiger partial charge in [-0.2, -0.15) is 5.26 Å². The highest BCUT2D eigenvalue weighted by molar-refractivity contribution is 6.12. The molecule has 0 aliphatic carbocycles. The zero-order valence-corrected chi connectivity index (χ0v) is 12.7. The van der Waals surface area contributed by atoms with Crippen molar-refractivity contribution in [1.29, 1.82) is 5.26 Å². The van der Waals surface area contributed by atoms with Crippen molar-refractivity contribution < 1.29 is 9.94 Å². The summed E-state index contributed by atoms with van der Waals surface area (Å²) < 4.78 is 5.76. The number of nitrogens with zero attached hydrogens (tertiary/aromatic N) is 2. The summed E-state index contributed by atoms with van der Waals surface area (Å²) in [5.41, 5.74) is 2.61. The first-order valence-electron chi connectivity index (χ1n) is 7.09. The first kappa shape index (κ1) is 15.6. The smallest absolute Gasteiger partial charge is 0.187 e. The van der Waals surface area contributed by atoms with Gasteiger partial charge in [0, 0.05) is 5.56 Å². The van der Waals surface area contributed by atoms with Crippen molar-refractivity contribution in [1.82, 2.24) is 0 Å². The predicted molar refractivity (Wildman–Crippen MR) is 85.2 cm³/mol. The Morgan fingerprint density at radius 3 is 2.45 bits per heavy atom. The zero-order chi connectivity index (χ0) is 15.9. The first-order valence-corrected chi connectivity index (χ1v) is 7.09. The van der Waals surface area contributed by atoms with Crippen LogP contribution in [0.3, 0.4) is 0 Å². The fourth-order valence-corrected chi connectivity index (χ4v) is 2.12. The second-order valence-electron chi connectivity index (χ2n) is 5.23. The fraction of sp³-hybridized carbons (Fsp3) is 0.222. The monoisotopic (exact) mass is 294 g/mol. The molecule has 0 aromatic heterocycles. The summed E-state index contributed by atoms with van der Waals surface area (Å²) in [7, 11) is 0. The average Bonchev–Trinajstić information content (AvgIpc) is 2.55. The second-order valence-corrected chi connectivity index (χ2v) is 5.23. The SMILES string of the molecule is CC(C)c1ccc(OCc2ccccc2C(C#N)=NO)cc1. The lowest BCUT2D eigenvalue weighted by Gasteiger charge is -2.11. The van der Waals surface area contributed by atoms with Gasteiger partial charge in [-0.1, -0.05) is 55.4 Å². The quantitative estimate of drug-likeness (QED) is 0.513. The molecule has 2 aromatic rings. The molecule has 0 saturated carbocycles. The van der Waals surface area contributed by atoms with Gasteiger partial charge in [0.1, 0.15) is 18.4 Å². The third kappa shape index (κ3) is 3.64. The van der Waals surface area contributed by atoms with E-state index in [-0.39, 0.29) is 5.71 Å². The summed E-state index contributed by atoms with van der Waals surface area (Å²) in [4.78, 5) is 0. The van der Waals surface area contributed by atoms with Crippen molar-refractivity contribution in [3.05, 3.63) is 65.2 Å². The Morgan fingerprint density at radius 2 is 1.86 bits per heavy atom. The molecule has 0 radical (unpaired) electrons. The molecule has 0 saturated heterocycles. The lowest BCUT2D eigenvalue weighted by molar-refractivity contribution is 0.305. The van der Waals surface area contributed by atoms with Crippen LogP contribution in [0.5, 0.6) is 5.75 Å². The van der Waals surface area contributed by atoms with Gasteiger partial charge in [-0.25, -0.2) is 0 Å². The highest BCUT2D eigenvalue weighted by Crippen LogP contribution is 2.20. The average molecular weight is 294 g/mol. The summed E-state index contributed by atoms with van der Waals surface area (Å²) >= 11 is 0. The molecule has 2 rings (SSSR count). The Labute approximate surface area is 130 Å². The minimum atomic E-state index is -0.0191. The topological polar surface area (TPSA) is 65.6 Å². The van der Waals surface area contributed by atoms with Crippen LogP contribution in [-0.4, -0.2) is 10.9 Å². The molecule has 0 unspecified atom stereocenters. The minimum Gasteiger partial charge on any atom is -0.489 e. The summed E-state index contributed by atoms with van der Waals surface area (Å²) in [6, 6.07) is 17.1. The second kappa shape index (κ2) is 7.28. The summed E-state index contributed by atoms with van der Waals surface area (Å²) in [6.07, 6.45) is 0. The molecule has 0 spiro atoms. The molecular formula is C18H18N2O2. The summed E-state index contributed by atoms with van der Waals surface area (Å²) in [5, 5.41) is 20.9. The molecule has 22 heavy (non-hydrogen) atoms. The van der Waals surface area contributed by atoms with Gasteiger partial charge >= 0.3 is 0 Å². The lowest BCUT2D eigenvalue weighted by atomic mass is 10.0. The molecule has 0 fully saturated rings. The maximum absolute atomic E-state index is 8.99. The standard InChI is InChI=1S/C18H18N2O2/c1-13(2)14-7-9-16(10-8-14)22-12-15-5-3-4-6-17(15)18(11-19)20-21/h3-10,13,21H,12H2,1-2H3. The maximum Gasteiger partial charge on any atom is 0.187 e. The van der Waals surface area contributed by atoms with Crippen LogP contribution in [0.1, 0.15) is 36.5 Å². The molecule has 112 valence electrons. The van der Waals surface area contributed by atoms with Gasteiger partial charge in [-0.05, 0) is 29.2 Å². The molecule has 0 amide bonds. The van der Waals surface area contributed by atoms with Crippen LogP contribution < -0.4 is 4.74 Å². The molecule has 4 nitrogen and oxygen atoms in total. The van der Waals surface area contributed by atoms with E-state index in [0.29, 0.717) is 18.1 Å². The Bertz CT molecular complexity index is 698. The Morgan fingerprint density at radius 1 is 1.18 bits per heavy atom. The van der Waals surface area contributed by atoms with Crippen molar-refractivity contribution >= 4 is 5.71 Å². The fourth-order valence-electron chi connectivity index (χ4n) is 2.12. The number of ether oxygens (including phenoxy) is 1. The van der Waals surface area contributed by atoms with Gasteiger partial charge in [-0.15, -0.1) is 0 Å². The Kier molecular flexibility index (Phi) is 5.16. The third-order valence-corrected chi connectivity index (χ3v) is 3.42. The molecule has 0 heterocycles. The molecule has 0 aliphatic heterocycles. The summed E-state index contributed by atoms with van der Waals surface area (Å²) in [5.74, 6) is 1.24. The van der Waals surface area contributed by atoms with Crippen LogP contribution >= 0.6 is 0 Å². The van der Waals surface area contributed by atoms with Crippen LogP contribution in [-0.2, 0) is 6.61 Å². The van der Waals surface area contributed by atoms with Crippen LogP contribution in [0.4, 0.5) is 0 Å². The van der Waals surface area contributed by atoms with Crippen LogP contribution in [0.2, 0.25) is 0 Å². The van der Waals surface area contributed by atoms with E-state index in [4.69, 9.17) is 15.2 Å². The highest BCUT2D eigenvalue weighted by Gasteiger charge is 2.09. The van der Waals surface area contributed by atoms with Crippen LogP contribution in [0, 0.1) is 11.3 Å². The van der Waals surface area contributed by atoms with Crippen LogP contribution in [0.25, 0.3) is 0 Å². The predicted octanol–water partition coefficient (Wildman–Crippen LogP) is 4.09. The zero-order valence-electron chi connectivity index (χ0n) is 12.7. The molecule has 0 bridgehead atoms. The highest BCUT2D eigenvalue weighted by atomic mass is 16.5. The molecule has 0 aliphatic rings. The molecule has 2 aromatic carbocycles. The van der Waals surface area contributed by atoms with E-state index in [1.165, 1.54) is 5.56 Å². The number of hydrogen-bond acceptors (Lipinski definition) is 4. The van der Waals surface area contributed by atoms with Gasteiger partial charge in [0.05, 0.1) is 0 Å². The molecule has 4 heteroatoms. The van der Waals surface area contributed by atoms with Crippen molar-refractivity contribution in [2.75, 3.05) is 0 Å². The van der Waals surface area contributed by atoms with Crippen molar-refractivity contribution in [3.8, 4) is 11.8 Å². The number of hydrogen-bond donors (Lipinski definition) is 1. The lowest BCUT2D eigenvalue weighted by Crippen LogP contribution is -2.05. The van der Waals surface area contributed by atoms with E-state index in [1.807, 2.05) is 42.5 Å². The normalized spacial score (nSPS) is 11.3. The molecular weight excluding hydrogens is 276 g/mol. The Hall–Kier alpha value is -2.80. The first-order chi connectivity index (χ1) is 10.7. The van der Waals surface area contributed by atoms with E-state index >= 15 is 0 Å².